The summed E-state index contributed by atoms with van der Waals surface area (Å²) in [4.78, 5) is 82.8. The van der Waals surface area contributed by atoms with E-state index >= 15 is 0 Å². The average Bonchev–Trinajstić information content (AvgIpc) is 3.32. The van der Waals surface area contributed by atoms with Crippen LogP contribution >= 0.6 is 0 Å². The number of carboxylic acids is 1. The van der Waals surface area contributed by atoms with Crippen molar-refractivity contribution in [1.29, 1.82) is 0 Å². The molecule has 4 atom stereocenters. The van der Waals surface area contributed by atoms with Crippen molar-refractivity contribution in [3.8, 4) is 0 Å². The van der Waals surface area contributed by atoms with Gasteiger partial charge in [-0.05, 0) is 12.8 Å². The minimum absolute atomic E-state index is 0.0641. The second kappa shape index (κ2) is 15.4. The van der Waals surface area contributed by atoms with Crippen molar-refractivity contribution in [3.05, 3.63) is 18.2 Å². The minimum Gasteiger partial charge on any atom is -0.480 e. The molecule has 18 heteroatoms. The van der Waals surface area contributed by atoms with E-state index in [1.165, 1.54) is 12.5 Å². The number of H-pyrrole nitrogens is 1. The molecular formula is C20H33N11O7. The van der Waals surface area contributed by atoms with Crippen LogP contribution in [0.5, 0.6) is 0 Å². The van der Waals surface area contributed by atoms with Gasteiger partial charge in [0, 0.05) is 24.9 Å². The first kappa shape index (κ1) is 31.3. The molecule has 0 spiro atoms. The highest BCUT2D eigenvalue weighted by molar-refractivity contribution is 5.96. The third-order valence-corrected chi connectivity index (χ3v) is 4.97. The van der Waals surface area contributed by atoms with Crippen LogP contribution in [0.2, 0.25) is 0 Å². The number of carboxylic acid groups (broad SMARTS) is 1. The van der Waals surface area contributed by atoms with E-state index in [0.717, 1.165) is 0 Å². The van der Waals surface area contributed by atoms with Crippen LogP contribution < -0.4 is 44.6 Å². The molecule has 210 valence electrons. The largest absolute Gasteiger partial charge is 0.480 e. The molecule has 0 aliphatic heterocycles. The molecule has 0 radical (unpaired) electrons. The Bertz CT molecular complexity index is 1020. The van der Waals surface area contributed by atoms with Crippen LogP contribution in [0.4, 0.5) is 0 Å². The molecule has 1 rings (SSSR count). The molecule has 18 nitrogen and oxygen atoms in total. The standard InChI is InChI=1S/C20H33N11O7/c21-10(5-14(22)32)16(34)30-12(4-9-7-26-8-28-9)17(35)31-13(6-15(23)33)18(36)29-11(19(37)38)2-1-3-27-20(24)25/h7-8,10-13H,1-6,21H2,(H2,22,32)(H2,23,33)(H,26,28)(H,29,36)(H,30,34)(H,31,35)(H,37,38)(H4,24,25,27). The lowest BCUT2D eigenvalue weighted by Crippen LogP contribution is -2.58. The summed E-state index contributed by atoms with van der Waals surface area (Å²) in [5.41, 5.74) is 26.7. The van der Waals surface area contributed by atoms with E-state index in [-0.39, 0.29) is 31.8 Å². The first-order valence-corrected chi connectivity index (χ1v) is 11.3. The van der Waals surface area contributed by atoms with Crippen LogP contribution in [0.15, 0.2) is 17.5 Å². The predicted octanol–water partition coefficient (Wildman–Crippen LogP) is -5.38. The number of aliphatic imine (C=N–C) groups is 1. The van der Waals surface area contributed by atoms with Crippen LogP contribution in [0.1, 0.15) is 31.4 Å². The number of carbonyl (C=O) groups excluding carboxylic acids is 5. The Morgan fingerprint density at radius 3 is 2.00 bits per heavy atom. The van der Waals surface area contributed by atoms with E-state index in [9.17, 15) is 33.9 Å². The Morgan fingerprint density at radius 1 is 0.895 bits per heavy atom. The fourth-order valence-corrected chi connectivity index (χ4v) is 3.13. The van der Waals surface area contributed by atoms with Crippen molar-refractivity contribution >= 4 is 41.5 Å². The molecule has 0 aliphatic rings. The van der Waals surface area contributed by atoms with Gasteiger partial charge >= 0.3 is 5.97 Å². The molecule has 0 saturated carbocycles. The van der Waals surface area contributed by atoms with Crippen LogP contribution in [0, 0.1) is 0 Å². The molecule has 0 saturated heterocycles. The molecule has 38 heavy (non-hydrogen) atoms. The smallest absolute Gasteiger partial charge is 0.326 e. The van der Waals surface area contributed by atoms with Crippen molar-refractivity contribution in [3.63, 3.8) is 0 Å². The minimum atomic E-state index is -1.58. The van der Waals surface area contributed by atoms with E-state index in [2.05, 4.69) is 30.9 Å². The Hall–Kier alpha value is -4.74. The quantitative estimate of drug-likeness (QED) is 0.0505. The second-order valence-corrected chi connectivity index (χ2v) is 8.20. The molecule has 1 aromatic rings. The van der Waals surface area contributed by atoms with Gasteiger partial charge in [-0.2, -0.15) is 0 Å². The summed E-state index contributed by atoms with van der Waals surface area (Å²) in [7, 11) is 0. The molecule has 1 heterocycles. The van der Waals surface area contributed by atoms with Crippen molar-refractivity contribution in [1.82, 2.24) is 25.9 Å². The molecule has 4 unspecified atom stereocenters. The molecule has 1 aromatic heterocycles. The van der Waals surface area contributed by atoms with E-state index in [1.54, 1.807) is 0 Å². The first-order chi connectivity index (χ1) is 17.8. The number of nitrogens with two attached hydrogens (primary N) is 5. The monoisotopic (exact) mass is 539 g/mol. The number of hydrogen-bond donors (Lipinski definition) is 10. The number of aromatic amines is 1. The number of nitrogens with zero attached hydrogens (tertiary/aromatic N) is 2. The number of primary amides is 2. The summed E-state index contributed by atoms with van der Waals surface area (Å²) in [5, 5.41) is 16.3. The van der Waals surface area contributed by atoms with Crippen molar-refractivity contribution < 1.29 is 33.9 Å². The van der Waals surface area contributed by atoms with E-state index in [1.807, 2.05) is 0 Å². The van der Waals surface area contributed by atoms with Crippen molar-refractivity contribution in [2.75, 3.05) is 6.54 Å². The molecule has 0 aromatic carbocycles. The zero-order valence-electron chi connectivity index (χ0n) is 20.4. The molecule has 0 aliphatic carbocycles. The van der Waals surface area contributed by atoms with E-state index in [4.69, 9.17) is 28.7 Å². The summed E-state index contributed by atoms with van der Waals surface area (Å²) in [5.74, 6) is -6.19. The normalized spacial score (nSPS) is 13.7. The summed E-state index contributed by atoms with van der Waals surface area (Å²) in [6.45, 7) is 0.107. The zero-order valence-corrected chi connectivity index (χ0v) is 20.4. The van der Waals surface area contributed by atoms with Gasteiger partial charge in [0.25, 0.3) is 0 Å². The maximum absolute atomic E-state index is 13.1. The number of aliphatic carboxylic acids is 1. The summed E-state index contributed by atoms with van der Waals surface area (Å²) in [6, 6.07) is -5.68. The SMILES string of the molecule is NC(=O)CC(N)C(=O)NC(Cc1cnc[nH]1)C(=O)NC(CC(N)=O)C(=O)NC(CCCN=C(N)N)C(=O)O. The van der Waals surface area contributed by atoms with Gasteiger partial charge < -0.3 is 54.7 Å². The number of rotatable bonds is 17. The summed E-state index contributed by atoms with van der Waals surface area (Å²) >= 11 is 0. The van der Waals surface area contributed by atoms with E-state index < -0.39 is 72.5 Å². The summed E-state index contributed by atoms with van der Waals surface area (Å²) in [6.07, 6.45) is 1.53. The Kier molecular flexibility index (Phi) is 12.7. The van der Waals surface area contributed by atoms with Crippen molar-refractivity contribution in [2.45, 2.75) is 56.3 Å². The predicted molar refractivity (Wildman–Crippen MR) is 131 cm³/mol. The average molecular weight is 540 g/mol. The number of nitrogens with one attached hydrogen (secondary N) is 4. The van der Waals surface area contributed by atoms with Gasteiger partial charge in [-0.1, -0.05) is 0 Å². The lowest BCUT2D eigenvalue weighted by molar-refractivity contribution is -0.142. The number of aromatic nitrogens is 2. The lowest BCUT2D eigenvalue weighted by atomic mass is 10.1. The van der Waals surface area contributed by atoms with Gasteiger partial charge in [-0.25, -0.2) is 9.78 Å². The highest BCUT2D eigenvalue weighted by Gasteiger charge is 2.31. The van der Waals surface area contributed by atoms with Crippen LogP contribution in [0.3, 0.4) is 0 Å². The molecular weight excluding hydrogens is 506 g/mol. The first-order valence-electron chi connectivity index (χ1n) is 11.3. The zero-order chi connectivity index (χ0) is 28.8. The Balaban J connectivity index is 3.02. The fraction of sp³-hybridized carbons (Fsp3) is 0.500. The van der Waals surface area contributed by atoms with Gasteiger partial charge in [-0.3, -0.25) is 29.0 Å². The Labute approximate surface area is 216 Å². The third-order valence-electron chi connectivity index (χ3n) is 4.97. The second-order valence-electron chi connectivity index (χ2n) is 8.20. The molecule has 15 N–H and O–H groups in total. The van der Waals surface area contributed by atoms with Gasteiger partial charge in [-0.15, -0.1) is 0 Å². The van der Waals surface area contributed by atoms with Gasteiger partial charge in [0.15, 0.2) is 5.96 Å². The highest BCUT2D eigenvalue weighted by Crippen LogP contribution is 2.04. The van der Waals surface area contributed by atoms with Gasteiger partial charge in [0.2, 0.25) is 29.5 Å². The topological polar surface area (TPSA) is 330 Å². The summed E-state index contributed by atoms with van der Waals surface area (Å²) < 4.78 is 0. The number of carbonyl (C=O) groups is 6. The molecule has 0 fully saturated rings. The number of guanidine groups is 1. The van der Waals surface area contributed by atoms with Crippen molar-refractivity contribution in [2.24, 2.45) is 33.7 Å². The van der Waals surface area contributed by atoms with Crippen LogP contribution in [-0.4, -0.2) is 87.3 Å². The molecule has 0 bridgehead atoms. The van der Waals surface area contributed by atoms with E-state index in [0.29, 0.717) is 5.69 Å². The lowest BCUT2D eigenvalue weighted by Gasteiger charge is -2.24. The van der Waals surface area contributed by atoms with Gasteiger partial charge in [0.05, 0.1) is 25.2 Å². The Morgan fingerprint density at radius 2 is 1.47 bits per heavy atom. The van der Waals surface area contributed by atoms with Gasteiger partial charge in [0.1, 0.15) is 18.1 Å². The maximum atomic E-state index is 13.1. The molecule has 5 amide bonds. The van der Waals surface area contributed by atoms with Crippen LogP contribution in [-0.2, 0) is 35.2 Å². The van der Waals surface area contributed by atoms with Crippen LogP contribution in [0.25, 0.3) is 0 Å². The maximum Gasteiger partial charge on any atom is 0.326 e. The highest BCUT2D eigenvalue weighted by atomic mass is 16.4. The fourth-order valence-electron chi connectivity index (χ4n) is 3.13. The number of hydrogen-bond acceptors (Lipinski definition) is 9. The third kappa shape index (κ3) is 11.8. The number of imidazole rings is 1. The number of amides is 5.